The summed E-state index contributed by atoms with van der Waals surface area (Å²) in [5.74, 6) is 1.41. The Balaban J connectivity index is 2.80. The van der Waals surface area contributed by atoms with Crippen molar-refractivity contribution in [3.05, 3.63) is 41.5 Å². The highest BCUT2D eigenvalue weighted by atomic mass is 16.5. The Labute approximate surface area is 108 Å². The molecule has 1 rings (SSSR count). The maximum Gasteiger partial charge on any atom is 0.161 e. The van der Waals surface area contributed by atoms with Crippen molar-refractivity contribution >= 4 is 6.08 Å². The Morgan fingerprint density at radius 1 is 1.28 bits per heavy atom. The smallest absolute Gasteiger partial charge is 0.161 e. The molecular formula is C15H20O3. The molecule has 1 aromatic carbocycles. The number of benzene rings is 1. The van der Waals surface area contributed by atoms with Crippen LogP contribution in [-0.2, 0) is 0 Å². The van der Waals surface area contributed by atoms with Crippen LogP contribution in [-0.4, -0.2) is 25.4 Å². The van der Waals surface area contributed by atoms with Crippen molar-refractivity contribution in [2.24, 2.45) is 0 Å². The van der Waals surface area contributed by atoms with Gasteiger partial charge in [0, 0.05) is 0 Å². The van der Waals surface area contributed by atoms with Gasteiger partial charge in [-0.05, 0) is 37.6 Å². The monoisotopic (exact) mass is 248 g/mol. The topological polar surface area (TPSA) is 38.7 Å². The zero-order valence-corrected chi connectivity index (χ0v) is 11.1. The van der Waals surface area contributed by atoms with Crippen LogP contribution in [0.3, 0.4) is 0 Å². The summed E-state index contributed by atoms with van der Waals surface area (Å²) >= 11 is 0. The highest BCUT2D eigenvalue weighted by Gasteiger charge is 2.03. The lowest BCUT2D eigenvalue weighted by Crippen LogP contribution is -1.97. The molecule has 0 aliphatic rings. The first-order valence-corrected chi connectivity index (χ1v) is 5.89. The van der Waals surface area contributed by atoms with Gasteiger partial charge < -0.3 is 14.6 Å². The van der Waals surface area contributed by atoms with Crippen molar-refractivity contribution in [3.63, 3.8) is 0 Å². The third-order valence-corrected chi connectivity index (χ3v) is 2.33. The van der Waals surface area contributed by atoms with Crippen LogP contribution in [0.1, 0.15) is 19.4 Å². The number of aliphatic hydroxyl groups is 1. The summed E-state index contributed by atoms with van der Waals surface area (Å²) in [6.07, 6.45) is 5.53. The molecule has 0 saturated heterocycles. The molecule has 0 fully saturated rings. The highest BCUT2D eigenvalue weighted by molar-refractivity contribution is 5.55. The molecule has 0 aliphatic heterocycles. The van der Waals surface area contributed by atoms with Crippen LogP contribution >= 0.6 is 0 Å². The summed E-state index contributed by atoms with van der Waals surface area (Å²) in [6.45, 7) is 4.62. The lowest BCUT2D eigenvalue weighted by atomic mass is 10.2. The fourth-order valence-corrected chi connectivity index (χ4v) is 1.39. The molecule has 0 atom stereocenters. The van der Waals surface area contributed by atoms with E-state index in [1.54, 1.807) is 13.2 Å². The molecule has 1 N–H and O–H groups in total. The van der Waals surface area contributed by atoms with Crippen LogP contribution in [0.15, 0.2) is 35.9 Å². The van der Waals surface area contributed by atoms with Crippen molar-refractivity contribution in [1.82, 2.24) is 0 Å². The van der Waals surface area contributed by atoms with Crippen LogP contribution in [0.25, 0.3) is 6.08 Å². The van der Waals surface area contributed by atoms with E-state index in [9.17, 15) is 0 Å². The Kier molecular flexibility index (Phi) is 6.01. The summed E-state index contributed by atoms with van der Waals surface area (Å²) in [7, 11) is 1.61. The molecule has 3 nitrogen and oxygen atoms in total. The Bertz CT molecular complexity index is 429. The van der Waals surface area contributed by atoms with Gasteiger partial charge in [-0.25, -0.2) is 0 Å². The average Bonchev–Trinajstić information content (AvgIpc) is 2.36. The number of ether oxygens (including phenoxy) is 2. The first-order valence-electron chi connectivity index (χ1n) is 5.89. The van der Waals surface area contributed by atoms with Crippen LogP contribution < -0.4 is 9.47 Å². The predicted octanol–water partition coefficient (Wildman–Crippen LogP) is 3.05. The van der Waals surface area contributed by atoms with Gasteiger partial charge >= 0.3 is 0 Å². The van der Waals surface area contributed by atoms with E-state index < -0.39 is 0 Å². The Morgan fingerprint density at radius 2 is 2.06 bits per heavy atom. The summed E-state index contributed by atoms with van der Waals surface area (Å²) in [5.41, 5.74) is 2.19. The van der Waals surface area contributed by atoms with E-state index >= 15 is 0 Å². The van der Waals surface area contributed by atoms with Crippen LogP contribution in [0, 0.1) is 0 Å². The molecule has 98 valence electrons. The fraction of sp³-hybridized carbons (Fsp3) is 0.333. The number of hydrogen-bond donors (Lipinski definition) is 1. The minimum Gasteiger partial charge on any atom is -0.493 e. The average molecular weight is 248 g/mol. The van der Waals surface area contributed by atoms with E-state index in [1.807, 2.05) is 44.2 Å². The summed E-state index contributed by atoms with van der Waals surface area (Å²) in [5, 5.41) is 8.73. The third-order valence-electron chi connectivity index (χ3n) is 2.33. The van der Waals surface area contributed by atoms with Gasteiger partial charge in [-0.3, -0.25) is 0 Å². The van der Waals surface area contributed by atoms with Gasteiger partial charge in [0.2, 0.25) is 0 Å². The lowest BCUT2D eigenvalue weighted by molar-refractivity contribution is 0.325. The summed E-state index contributed by atoms with van der Waals surface area (Å²) < 4.78 is 10.9. The molecule has 1 aromatic rings. The zero-order valence-electron chi connectivity index (χ0n) is 11.1. The largest absolute Gasteiger partial charge is 0.493 e. The predicted molar refractivity (Wildman–Crippen MR) is 74.0 cm³/mol. The quantitative estimate of drug-likeness (QED) is 0.786. The van der Waals surface area contributed by atoms with Gasteiger partial charge in [0.05, 0.1) is 13.7 Å². The van der Waals surface area contributed by atoms with E-state index in [0.717, 1.165) is 11.3 Å². The van der Waals surface area contributed by atoms with Crippen molar-refractivity contribution < 1.29 is 14.6 Å². The molecule has 0 saturated carbocycles. The van der Waals surface area contributed by atoms with E-state index in [0.29, 0.717) is 12.4 Å². The molecule has 0 bridgehead atoms. The van der Waals surface area contributed by atoms with Crippen LogP contribution in [0.5, 0.6) is 11.5 Å². The van der Waals surface area contributed by atoms with Crippen LogP contribution in [0.4, 0.5) is 0 Å². The van der Waals surface area contributed by atoms with Gasteiger partial charge in [-0.1, -0.05) is 23.8 Å². The molecule has 0 aliphatic carbocycles. The molecule has 0 amide bonds. The van der Waals surface area contributed by atoms with E-state index in [2.05, 4.69) is 0 Å². The standard InChI is InChI=1S/C15H20O3/c1-12(2)8-10-18-14-7-6-13(5-4-9-16)11-15(14)17-3/h4-8,11,16H,9-10H2,1-3H3/b5-4+. The second kappa shape index (κ2) is 7.56. The molecule has 0 spiro atoms. The number of aliphatic hydroxyl groups excluding tert-OH is 1. The van der Waals surface area contributed by atoms with Crippen molar-refractivity contribution in [1.29, 1.82) is 0 Å². The maximum atomic E-state index is 8.73. The van der Waals surface area contributed by atoms with E-state index in [-0.39, 0.29) is 6.61 Å². The van der Waals surface area contributed by atoms with Gasteiger partial charge in [-0.2, -0.15) is 0 Å². The minimum absolute atomic E-state index is 0.0289. The molecular weight excluding hydrogens is 228 g/mol. The van der Waals surface area contributed by atoms with Gasteiger partial charge in [0.25, 0.3) is 0 Å². The molecule has 0 heterocycles. The molecule has 3 heteroatoms. The maximum absolute atomic E-state index is 8.73. The second-order valence-electron chi connectivity index (χ2n) is 4.09. The first-order chi connectivity index (χ1) is 8.67. The van der Waals surface area contributed by atoms with E-state index in [4.69, 9.17) is 14.6 Å². The third kappa shape index (κ3) is 4.63. The summed E-state index contributed by atoms with van der Waals surface area (Å²) in [4.78, 5) is 0. The molecule has 0 unspecified atom stereocenters. The highest BCUT2D eigenvalue weighted by Crippen LogP contribution is 2.28. The Morgan fingerprint density at radius 3 is 2.67 bits per heavy atom. The number of allylic oxidation sites excluding steroid dienone is 1. The zero-order chi connectivity index (χ0) is 13.4. The van der Waals surface area contributed by atoms with E-state index in [1.165, 1.54) is 5.57 Å². The number of hydrogen-bond acceptors (Lipinski definition) is 3. The number of methoxy groups -OCH3 is 1. The van der Waals surface area contributed by atoms with Gasteiger partial charge in [0.15, 0.2) is 11.5 Å². The first kappa shape index (κ1) is 14.3. The molecule has 18 heavy (non-hydrogen) atoms. The summed E-state index contributed by atoms with van der Waals surface area (Å²) in [6, 6.07) is 5.67. The van der Waals surface area contributed by atoms with Gasteiger partial charge in [0.1, 0.15) is 6.61 Å². The normalized spacial score (nSPS) is 10.4. The number of rotatable bonds is 6. The van der Waals surface area contributed by atoms with Crippen molar-refractivity contribution in [3.8, 4) is 11.5 Å². The lowest BCUT2D eigenvalue weighted by Gasteiger charge is -2.10. The Hall–Kier alpha value is -1.74. The molecule has 0 radical (unpaired) electrons. The minimum atomic E-state index is 0.0289. The SMILES string of the molecule is COc1cc(/C=C/CO)ccc1OCC=C(C)C. The fourth-order valence-electron chi connectivity index (χ4n) is 1.39. The van der Waals surface area contributed by atoms with Crippen molar-refractivity contribution in [2.45, 2.75) is 13.8 Å². The van der Waals surface area contributed by atoms with Crippen molar-refractivity contribution in [2.75, 3.05) is 20.3 Å². The molecule has 0 aromatic heterocycles. The second-order valence-corrected chi connectivity index (χ2v) is 4.09. The van der Waals surface area contributed by atoms with Gasteiger partial charge in [-0.15, -0.1) is 0 Å². The van der Waals surface area contributed by atoms with Crippen LogP contribution in [0.2, 0.25) is 0 Å².